The normalized spacial score (nSPS) is 12.6. The molecule has 0 bridgehead atoms. The first kappa shape index (κ1) is 13.8. The molecule has 3 N–H and O–H groups in total. The summed E-state index contributed by atoms with van der Waals surface area (Å²) in [5.74, 6) is -0.0740. The van der Waals surface area contributed by atoms with Crippen molar-refractivity contribution < 1.29 is 15.3 Å². The van der Waals surface area contributed by atoms with Crippen LogP contribution in [-0.4, -0.2) is 21.4 Å². The molecule has 3 nitrogen and oxygen atoms in total. The van der Waals surface area contributed by atoms with Crippen LogP contribution in [-0.2, 0) is 6.42 Å². The summed E-state index contributed by atoms with van der Waals surface area (Å²) in [4.78, 5) is 0. The number of aromatic hydroxyl groups is 2. The number of unbranched alkanes of at least 4 members (excludes halogenated alkanes) is 1. The minimum atomic E-state index is -0.197. The lowest BCUT2D eigenvalue weighted by atomic mass is 10.0. The van der Waals surface area contributed by atoms with Gasteiger partial charge in [0.25, 0.3) is 0 Å². The summed E-state index contributed by atoms with van der Waals surface area (Å²) in [5.41, 5.74) is 0.773. The molecule has 0 heterocycles. The Kier molecular flexibility index (Phi) is 5.84. The molecular formula is C14H22O3. The van der Waals surface area contributed by atoms with Crippen molar-refractivity contribution >= 4 is 0 Å². The molecule has 0 aliphatic heterocycles. The van der Waals surface area contributed by atoms with E-state index >= 15 is 0 Å². The number of aliphatic hydroxyl groups excluding tert-OH is 1. The van der Waals surface area contributed by atoms with Gasteiger partial charge in [-0.15, -0.1) is 0 Å². The number of phenolic OH excluding ortho intramolecular Hbond substituents is 2. The molecule has 0 aromatic heterocycles. The standard InChI is InChI=1S/C14H22O3/c1-2-6-12(15)9-4-3-7-11-8-5-10-13(16)14(11)17/h5,8,10,12,15-17H,2-4,6-7,9H2,1H3. The average Bonchev–Trinajstić information content (AvgIpc) is 2.30. The zero-order valence-corrected chi connectivity index (χ0v) is 10.4. The number of hydrogen-bond acceptors (Lipinski definition) is 3. The van der Waals surface area contributed by atoms with Crippen LogP contribution in [0, 0.1) is 0 Å². The molecule has 96 valence electrons. The van der Waals surface area contributed by atoms with E-state index in [9.17, 15) is 15.3 Å². The topological polar surface area (TPSA) is 60.7 Å². The van der Waals surface area contributed by atoms with Crippen molar-refractivity contribution in [2.75, 3.05) is 0 Å². The fourth-order valence-electron chi connectivity index (χ4n) is 1.95. The Hall–Kier alpha value is -1.22. The zero-order valence-electron chi connectivity index (χ0n) is 10.4. The van der Waals surface area contributed by atoms with Crippen LogP contribution in [0.25, 0.3) is 0 Å². The maximum absolute atomic E-state index is 9.59. The molecule has 1 aromatic carbocycles. The summed E-state index contributed by atoms with van der Waals surface area (Å²) in [7, 11) is 0. The Morgan fingerprint density at radius 3 is 2.59 bits per heavy atom. The highest BCUT2D eigenvalue weighted by molar-refractivity contribution is 5.44. The molecule has 1 unspecified atom stereocenters. The molecule has 0 amide bonds. The molecule has 1 rings (SSSR count). The van der Waals surface area contributed by atoms with Gasteiger partial charge in [-0.1, -0.05) is 31.9 Å². The Morgan fingerprint density at radius 1 is 1.12 bits per heavy atom. The molecule has 0 fully saturated rings. The molecule has 0 saturated heterocycles. The highest BCUT2D eigenvalue weighted by Crippen LogP contribution is 2.29. The van der Waals surface area contributed by atoms with Gasteiger partial charge in [-0.05, 0) is 37.3 Å². The SMILES string of the molecule is CCCC(O)CCCCc1cccc(O)c1O. The second kappa shape index (κ2) is 7.17. The number of rotatable bonds is 7. The van der Waals surface area contributed by atoms with E-state index in [1.54, 1.807) is 6.07 Å². The van der Waals surface area contributed by atoms with Gasteiger partial charge in [0, 0.05) is 0 Å². The first-order valence-corrected chi connectivity index (χ1v) is 6.33. The zero-order chi connectivity index (χ0) is 12.7. The van der Waals surface area contributed by atoms with Crippen LogP contribution >= 0.6 is 0 Å². The van der Waals surface area contributed by atoms with Gasteiger partial charge in [0.2, 0.25) is 0 Å². The number of aryl methyl sites for hydroxylation is 1. The Bertz CT molecular complexity index is 336. The summed E-state index contributed by atoms with van der Waals surface area (Å²) >= 11 is 0. The van der Waals surface area contributed by atoms with E-state index < -0.39 is 0 Å². The Balaban J connectivity index is 2.29. The van der Waals surface area contributed by atoms with Gasteiger partial charge in [-0.25, -0.2) is 0 Å². The monoisotopic (exact) mass is 238 g/mol. The van der Waals surface area contributed by atoms with E-state index in [0.29, 0.717) is 0 Å². The van der Waals surface area contributed by atoms with Crippen LogP contribution in [0.1, 0.15) is 44.6 Å². The summed E-state index contributed by atoms with van der Waals surface area (Å²) in [5, 5.41) is 28.5. The molecule has 0 aliphatic carbocycles. The smallest absolute Gasteiger partial charge is 0.160 e. The van der Waals surface area contributed by atoms with Crippen LogP contribution in [0.2, 0.25) is 0 Å². The molecule has 17 heavy (non-hydrogen) atoms. The average molecular weight is 238 g/mol. The molecule has 1 atom stereocenters. The van der Waals surface area contributed by atoms with Crippen molar-refractivity contribution in [2.24, 2.45) is 0 Å². The lowest BCUT2D eigenvalue weighted by Gasteiger charge is -2.09. The summed E-state index contributed by atoms with van der Waals surface area (Å²) in [6.07, 6.45) is 5.07. The highest BCUT2D eigenvalue weighted by atomic mass is 16.3. The van der Waals surface area contributed by atoms with Crippen molar-refractivity contribution in [3.63, 3.8) is 0 Å². The van der Waals surface area contributed by atoms with Gasteiger partial charge in [-0.2, -0.15) is 0 Å². The van der Waals surface area contributed by atoms with Gasteiger partial charge < -0.3 is 15.3 Å². The summed E-state index contributed by atoms with van der Waals surface area (Å²) in [6, 6.07) is 5.03. The first-order valence-electron chi connectivity index (χ1n) is 6.33. The molecule has 1 aromatic rings. The quantitative estimate of drug-likeness (QED) is 0.505. The highest BCUT2D eigenvalue weighted by Gasteiger charge is 2.06. The first-order chi connectivity index (χ1) is 8.15. The summed E-state index contributed by atoms with van der Waals surface area (Å²) in [6.45, 7) is 2.06. The predicted octanol–water partition coefficient (Wildman–Crippen LogP) is 2.97. The largest absolute Gasteiger partial charge is 0.504 e. The lowest BCUT2D eigenvalue weighted by Crippen LogP contribution is -2.05. The fraction of sp³-hybridized carbons (Fsp3) is 0.571. The summed E-state index contributed by atoms with van der Waals surface area (Å²) < 4.78 is 0. The van der Waals surface area contributed by atoms with Crippen LogP contribution in [0.5, 0.6) is 11.5 Å². The van der Waals surface area contributed by atoms with E-state index in [-0.39, 0.29) is 17.6 Å². The van der Waals surface area contributed by atoms with Gasteiger partial charge in [0.1, 0.15) is 0 Å². The van der Waals surface area contributed by atoms with Gasteiger partial charge >= 0.3 is 0 Å². The van der Waals surface area contributed by atoms with E-state index in [0.717, 1.165) is 44.1 Å². The Labute approximate surface area is 103 Å². The van der Waals surface area contributed by atoms with Crippen molar-refractivity contribution in [3.8, 4) is 11.5 Å². The lowest BCUT2D eigenvalue weighted by molar-refractivity contribution is 0.150. The van der Waals surface area contributed by atoms with E-state index in [1.165, 1.54) is 6.07 Å². The van der Waals surface area contributed by atoms with Crippen LogP contribution in [0.3, 0.4) is 0 Å². The molecule has 0 saturated carbocycles. The van der Waals surface area contributed by atoms with Crippen molar-refractivity contribution in [1.29, 1.82) is 0 Å². The molecule has 0 spiro atoms. The second-order valence-corrected chi connectivity index (χ2v) is 4.47. The predicted molar refractivity (Wildman–Crippen MR) is 68.2 cm³/mol. The van der Waals surface area contributed by atoms with Crippen LogP contribution in [0.15, 0.2) is 18.2 Å². The van der Waals surface area contributed by atoms with E-state index in [4.69, 9.17) is 0 Å². The van der Waals surface area contributed by atoms with Crippen LogP contribution in [0.4, 0.5) is 0 Å². The molecular weight excluding hydrogens is 216 g/mol. The number of para-hydroxylation sites is 1. The van der Waals surface area contributed by atoms with Crippen molar-refractivity contribution in [1.82, 2.24) is 0 Å². The Morgan fingerprint density at radius 2 is 1.88 bits per heavy atom. The molecule has 0 radical (unpaired) electrons. The second-order valence-electron chi connectivity index (χ2n) is 4.47. The number of hydrogen-bond donors (Lipinski definition) is 3. The molecule has 3 heteroatoms. The van der Waals surface area contributed by atoms with Gasteiger partial charge in [0.15, 0.2) is 11.5 Å². The maximum Gasteiger partial charge on any atom is 0.160 e. The van der Waals surface area contributed by atoms with Crippen molar-refractivity contribution in [2.45, 2.75) is 51.6 Å². The van der Waals surface area contributed by atoms with E-state index in [1.807, 2.05) is 6.07 Å². The minimum Gasteiger partial charge on any atom is -0.504 e. The third-order valence-electron chi connectivity index (χ3n) is 2.95. The van der Waals surface area contributed by atoms with Gasteiger partial charge in [-0.3, -0.25) is 0 Å². The van der Waals surface area contributed by atoms with Crippen LogP contribution < -0.4 is 0 Å². The number of phenols is 2. The fourth-order valence-corrected chi connectivity index (χ4v) is 1.95. The van der Waals surface area contributed by atoms with E-state index in [2.05, 4.69) is 6.92 Å². The third-order valence-corrected chi connectivity index (χ3v) is 2.95. The number of aliphatic hydroxyl groups is 1. The minimum absolute atomic E-state index is 0.0124. The van der Waals surface area contributed by atoms with Gasteiger partial charge in [0.05, 0.1) is 6.10 Å². The van der Waals surface area contributed by atoms with Crippen molar-refractivity contribution in [3.05, 3.63) is 23.8 Å². The third kappa shape index (κ3) is 4.65. The number of benzene rings is 1. The molecule has 0 aliphatic rings. The maximum atomic E-state index is 9.59.